The van der Waals surface area contributed by atoms with E-state index in [-0.39, 0.29) is 22.9 Å². The molecule has 1 aromatic carbocycles. The summed E-state index contributed by atoms with van der Waals surface area (Å²) in [4.78, 5) is 12.6. The molecule has 1 aliphatic carbocycles. The number of thioether (sulfide) groups is 2. The average Bonchev–Trinajstić information content (AvgIpc) is 3.50. The number of rotatable bonds is 3. The van der Waals surface area contributed by atoms with E-state index >= 15 is 0 Å². The van der Waals surface area contributed by atoms with Crippen LogP contribution in [0.15, 0.2) is 39.2 Å². The average molecular weight is 423 g/mol. The lowest BCUT2D eigenvalue weighted by atomic mass is 10.1. The van der Waals surface area contributed by atoms with E-state index in [0.29, 0.717) is 20.5 Å². The van der Waals surface area contributed by atoms with Crippen LogP contribution in [0.25, 0.3) is 0 Å². The molecule has 2 aromatic rings. The summed E-state index contributed by atoms with van der Waals surface area (Å²) in [5.41, 5.74) is -0.0438. The smallest absolute Gasteiger partial charge is 0.267 e. The number of anilines is 1. The van der Waals surface area contributed by atoms with Crippen molar-refractivity contribution in [3.8, 4) is 6.07 Å². The Bertz CT molecular complexity index is 1060. The summed E-state index contributed by atoms with van der Waals surface area (Å²) in [6.07, 6.45) is -0.994. The fourth-order valence-corrected chi connectivity index (χ4v) is 4.70. The molecule has 6 nitrogen and oxygen atoms in total. The van der Waals surface area contributed by atoms with Gasteiger partial charge in [-0.2, -0.15) is 28.6 Å². The molecule has 1 aromatic heterocycles. The van der Waals surface area contributed by atoms with Crippen LogP contribution in [0.4, 0.5) is 18.9 Å². The van der Waals surface area contributed by atoms with Crippen molar-refractivity contribution >= 4 is 33.6 Å². The molecule has 2 heterocycles. The molecule has 0 radical (unpaired) electrons. The van der Waals surface area contributed by atoms with Gasteiger partial charge in [0.15, 0.2) is 4.38 Å². The first-order chi connectivity index (χ1) is 13.4. The number of hydrazone groups is 1. The minimum Gasteiger partial charge on any atom is -0.267 e. The summed E-state index contributed by atoms with van der Waals surface area (Å²) in [6.45, 7) is 0. The maximum Gasteiger partial charge on any atom is 0.416 e. The molecule has 0 amide bonds. The van der Waals surface area contributed by atoms with Crippen LogP contribution in [-0.2, 0) is 11.9 Å². The minimum atomic E-state index is -4.50. The molecule has 0 spiro atoms. The molecule has 4 rings (SSSR count). The summed E-state index contributed by atoms with van der Waals surface area (Å²) in [5.74, 6) is 0.268. The molecule has 144 valence electrons. The van der Waals surface area contributed by atoms with Gasteiger partial charge in [-0.25, -0.2) is 5.10 Å². The van der Waals surface area contributed by atoms with Gasteiger partial charge in [0.2, 0.25) is 0 Å². The first-order valence-corrected chi connectivity index (χ1v) is 10.0. The van der Waals surface area contributed by atoms with Crippen molar-refractivity contribution in [1.29, 1.82) is 5.26 Å². The van der Waals surface area contributed by atoms with Crippen molar-refractivity contribution in [2.75, 3.05) is 5.01 Å². The van der Waals surface area contributed by atoms with Crippen molar-refractivity contribution in [2.45, 2.75) is 35.7 Å². The minimum absolute atomic E-state index is 0.0229. The standard InChI is InChI=1S/C17H12F3N5OS2/c18-17(19,20)11-2-1-9(10(5-11)6-21)8-27-16-24-25(12-3-4-12)13-7-22-23-15(26)14(13)28-16/h1-2,5,7,12H,3-4,8H2,(H,23,26). The first-order valence-electron chi connectivity index (χ1n) is 8.23. The molecule has 0 unspecified atom stereocenters. The quantitative estimate of drug-likeness (QED) is 0.805. The SMILES string of the molecule is N#Cc1cc(C(F)(F)F)ccc1CSC1=NN(C2CC2)c2cn[nH]c(=O)c2S1. The molecule has 1 aliphatic heterocycles. The topological polar surface area (TPSA) is 85.1 Å². The van der Waals surface area contributed by atoms with E-state index in [1.807, 2.05) is 6.07 Å². The number of halogens is 3. The van der Waals surface area contributed by atoms with Gasteiger partial charge in [-0.3, -0.25) is 9.80 Å². The highest BCUT2D eigenvalue weighted by Gasteiger charge is 2.35. The van der Waals surface area contributed by atoms with E-state index in [4.69, 9.17) is 0 Å². The van der Waals surface area contributed by atoms with Crippen molar-refractivity contribution < 1.29 is 13.2 Å². The van der Waals surface area contributed by atoms with Crippen molar-refractivity contribution in [3.05, 3.63) is 51.4 Å². The molecule has 11 heteroatoms. The first kappa shape index (κ1) is 18.9. The molecule has 1 N–H and O–H groups in total. The Labute approximate surface area is 165 Å². The number of nitrogens with one attached hydrogen (secondary N) is 1. The van der Waals surface area contributed by atoms with Crippen LogP contribution in [0.5, 0.6) is 0 Å². The van der Waals surface area contributed by atoms with Gasteiger partial charge in [0.05, 0.1) is 35.1 Å². The number of aromatic nitrogens is 2. The van der Waals surface area contributed by atoms with Gasteiger partial charge in [-0.1, -0.05) is 29.6 Å². The van der Waals surface area contributed by atoms with Crippen molar-refractivity contribution in [1.82, 2.24) is 10.2 Å². The Hall–Kier alpha value is -2.45. The van der Waals surface area contributed by atoms with Gasteiger partial charge >= 0.3 is 6.18 Å². The Morgan fingerprint density at radius 1 is 1.39 bits per heavy atom. The van der Waals surface area contributed by atoms with Crippen molar-refractivity contribution in [2.24, 2.45) is 5.10 Å². The summed E-state index contributed by atoms with van der Waals surface area (Å²) in [6, 6.07) is 5.18. The fourth-order valence-electron chi connectivity index (χ4n) is 2.67. The molecule has 1 fully saturated rings. The second-order valence-electron chi connectivity index (χ2n) is 6.23. The lowest BCUT2D eigenvalue weighted by Crippen LogP contribution is -2.27. The summed E-state index contributed by atoms with van der Waals surface area (Å²) in [5, 5.41) is 21.8. The summed E-state index contributed by atoms with van der Waals surface area (Å²) in [7, 11) is 0. The van der Waals surface area contributed by atoms with Gasteiger partial charge < -0.3 is 0 Å². The highest BCUT2D eigenvalue weighted by molar-refractivity contribution is 8.38. The van der Waals surface area contributed by atoms with Crippen LogP contribution >= 0.6 is 23.5 Å². The third-order valence-corrected chi connectivity index (χ3v) is 6.46. The number of nitrogens with zero attached hydrogens (tertiary/aromatic N) is 4. The van der Waals surface area contributed by atoms with Crippen LogP contribution in [0.3, 0.4) is 0 Å². The second-order valence-corrected chi connectivity index (χ2v) is 8.45. The van der Waals surface area contributed by atoms with Crippen LogP contribution in [0.2, 0.25) is 0 Å². The largest absolute Gasteiger partial charge is 0.416 e. The number of alkyl halides is 3. The molecule has 0 atom stereocenters. The van der Waals surface area contributed by atoms with Gasteiger partial charge in [-0.15, -0.1) is 0 Å². The zero-order chi connectivity index (χ0) is 19.9. The lowest BCUT2D eigenvalue weighted by Gasteiger charge is -2.25. The van der Waals surface area contributed by atoms with E-state index in [1.165, 1.54) is 29.6 Å². The fraction of sp³-hybridized carbons (Fsp3) is 0.294. The highest BCUT2D eigenvalue weighted by Crippen LogP contribution is 2.42. The Balaban J connectivity index is 1.56. The molecular formula is C17H12F3N5OS2. The number of nitriles is 1. The monoisotopic (exact) mass is 423 g/mol. The van der Waals surface area contributed by atoms with E-state index in [1.54, 1.807) is 11.2 Å². The summed E-state index contributed by atoms with van der Waals surface area (Å²) >= 11 is 2.48. The van der Waals surface area contributed by atoms with Crippen LogP contribution in [-0.4, -0.2) is 20.6 Å². The third kappa shape index (κ3) is 3.74. The summed E-state index contributed by atoms with van der Waals surface area (Å²) < 4.78 is 39.1. The number of fused-ring (bicyclic) bond motifs is 1. The second kappa shape index (κ2) is 7.18. The Morgan fingerprint density at radius 2 is 2.18 bits per heavy atom. The number of hydrogen-bond donors (Lipinski definition) is 1. The predicted octanol–water partition coefficient (Wildman–Crippen LogP) is 3.94. The number of H-pyrrole nitrogens is 1. The zero-order valence-corrected chi connectivity index (χ0v) is 15.8. The zero-order valence-electron chi connectivity index (χ0n) is 14.2. The third-order valence-electron chi connectivity index (χ3n) is 4.22. The molecule has 1 saturated carbocycles. The van der Waals surface area contributed by atoms with Crippen LogP contribution in [0, 0.1) is 11.3 Å². The van der Waals surface area contributed by atoms with E-state index in [9.17, 15) is 23.2 Å². The molecule has 0 saturated heterocycles. The van der Waals surface area contributed by atoms with Crippen LogP contribution in [0.1, 0.15) is 29.5 Å². The Kier molecular flexibility index (Phi) is 4.84. The highest BCUT2D eigenvalue weighted by atomic mass is 32.2. The normalized spacial score (nSPS) is 16.4. The van der Waals surface area contributed by atoms with Crippen LogP contribution < -0.4 is 10.6 Å². The lowest BCUT2D eigenvalue weighted by molar-refractivity contribution is -0.137. The van der Waals surface area contributed by atoms with E-state index in [2.05, 4.69) is 15.3 Å². The van der Waals surface area contributed by atoms with E-state index < -0.39 is 11.7 Å². The maximum absolute atomic E-state index is 12.8. The van der Waals surface area contributed by atoms with Gasteiger partial charge in [0.25, 0.3) is 5.56 Å². The molecule has 0 bridgehead atoms. The molecule has 2 aliphatic rings. The Morgan fingerprint density at radius 3 is 2.86 bits per heavy atom. The number of hydrogen-bond acceptors (Lipinski definition) is 7. The van der Waals surface area contributed by atoms with Crippen molar-refractivity contribution in [3.63, 3.8) is 0 Å². The van der Waals surface area contributed by atoms with E-state index in [0.717, 1.165) is 25.0 Å². The maximum atomic E-state index is 12.8. The predicted molar refractivity (Wildman–Crippen MR) is 101 cm³/mol. The molecule has 28 heavy (non-hydrogen) atoms. The van der Waals surface area contributed by atoms with Gasteiger partial charge in [0.1, 0.15) is 4.90 Å². The van der Waals surface area contributed by atoms with Gasteiger partial charge in [0, 0.05) is 5.75 Å². The number of benzene rings is 1. The van der Waals surface area contributed by atoms with Gasteiger partial charge in [-0.05, 0) is 30.5 Å². The number of aromatic amines is 1. The molecular weight excluding hydrogens is 411 g/mol.